The number of aromatic nitrogens is 1. The fourth-order valence-electron chi connectivity index (χ4n) is 1.25. The van der Waals surface area contributed by atoms with Crippen LogP contribution in [0.15, 0.2) is 24.4 Å². The van der Waals surface area contributed by atoms with E-state index >= 15 is 0 Å². The number of hydrogen-bond acceptors (Lipinski definition) is 3. The Morgan fingerprint density at radius 1 is 1.50 bits per heavy atom. The van der Waals surface area contributed by atoms with Crippen LogP contribution in [0, 0.1) is 5.92 Å². The van der Waals surface area contributed by atoms with Crippen LogP contribution in [0.2, 0.25) is 0 Å². The predicted molar refractivity (Wildman–Crippen MR) is 65.1 cm³/mol. The van der Waals surface area contributed by atoms with Gasteiger partial charge in [0.15, 0.2) is 0 Å². The molecule has 0 radical (unpaired) electrons. The summed E-state index contributed by atoms with van der Waals surface area (Å²) in [4.78, 5) is 17.5. The zero-order chi connectivity index (χ0) is 12.1. The van der Waals surface area contributed by atoms with Crippen LogP contribution in [0.4, 0.5) is 5.82 Å². The third-order valence-corrected chi connectivity index (χ3v) is 2.63. The van der Waals surface area contributed by atoms with E-state index in [9.17, 15) is 4.79 Å². The SMILES string of the molecule is CC(C)C(N)CC(=O)N(C)c1ccccn1. The number of anilines is 1. The van der Waals surface area contributed by atoms with Crippen LogP contribution in [0.1, 0.15) is 20.3 Å². The molecule has 4 nitrogen and oxygen atoms in total. The van der Waals surface area contributed by atoms with Crippen molar-refractivity contribution in [1.29, 1.82) is 0 Å². The number of hydrogen-bond donors (Lipinski definition) is 1. The first kappa shape index (κ1) is 12.6. The van der Waals surface area contributed by atoms with E-state index in [4.69, 9.17) is 5.73 Å². The fourth-order valence-corrected chi connectivity index (χ4v) is 1.25. The zero-order valence-electron chi connectivity index (χ0n) is 10.1. The first-order valence-electron chi connectivity index (χ1n) is 5.45. The van der Waals surface area contributed by atoms with Gasteiger partial charge in [-0.1, -0.05) is 19.9 Å². The van der Waals surface area contributed by atoms with Crippen LogP contribution in [0.25, 0.3) is 0 Å². The lowest BCUT2D eigenvalue weighted by atomic mass is 10.0. The number of amides is 1. The van der Waals surface area contributed by atoms with Crippen molar-refractivity contribution >= 4 is 11.7 Å². The number of rotatable bonds is 4. The summed E-state index contributed by atoms with van der Waals surface area (Å²) in [6.07, 6.45) is 2.02. The Morgan fingerprint density at radius 2 is 2.19 bits per heavy atom. The van der Waals surface area contributed by atoms with Crippen LogP contribution in [0.5, 0.6) is 0 Å². The van der Waals surface area contributed by atoms with Gasteiger partial charge in [-0.05, 0) is 18.1 Å². The largest absolute Gasteiger partial charge is 0.327 e. The van der Waals surface area contributed by atoms with Gasteiger partial charge in [-0.25, -0.2) is 4.98 Å². The maximum absolute atomic E-state index is 11.9. The van der Waals surface area contributed by atoms with E-state index in [0.29, 0.717) is 18.2 Å². The van der Waals surface area contributed by atoms with E-state index in [1.54, 1.807) is 24.2 Å². The second kappa shape index (κ2) is 5.61. The predicted octanol–water partition coefficient (Wildman–Crippen LogP) is 1.42. The van der Waals surface area contributed by atoms with E-state index in [0.717, 1.165) is 0 Å². The lowest BCUT2D eigenvalue weighted by Crippen LogP contribution is -2.36. The van der Waals surface area contributed by atoms with Crippen molar-refractivity contribution in [2.24, 2.45) is 11.7 Å². The molecule has 0 saturated heterocycles. The number of carbonyl (C=O) groups is 1. The molecule has 0 aliphatic rings. The molecular weight excluding hydrogens is 202 g/mol. The van der Waals surface area contributed by atoms with Gasteiger partial charge >= 0.3 is 0 Å². The van der Waals surface area contributed by atoms with E-state index in [1.165, 1.54) is 0 Å². The number of nitrogens with two attached hydrogens (primary N) is 1. The highest BCUT2D eigenvalue weighted by Gasteiger charge is 2.17. The molecule has 0 fully saturated rings. The lowest BCUT2D eigenvalue weighted by molar-refractivity contribution is -0.118. The Labute approximate surface area is 96.5 Å². The fraction of sp³-hybridized carbons (Fsp3) is 0.500. The molecule has 1 rings (SSSR count). The Balaban J connectivity index is 2.62. The van der Waals surface area contributed by atoms with E-state index < -0.39 is 0 Å². The molecule has 16 heavy (non-hydrogen) atoms. The van der Waals surface area contributed by atoms with Crippen molar-refractivity contribution < 1.29 is 4.79 Å². The van der Waals surface area contributed by atoms with Crippen molar-refractivity contribution in [2.75, 3.05) is 11.9 Å². The summed E-state index contributed by atoms with van der Waals surface area (Å²) in [5.74, 6) is 0.962. The summed E-state index contributed by atoms with van der Waals surface area (Å²) < 4.78 is 0. The van der Waals surface area contributed by atoms with Gasteiger partial charge in [0.1, 0.15) is 5.82 Å². The van der Waals surface area contributed by atoms with E-state index in [1.807, 2.05) is 26.0 Å². The topological polar surface area (TPSA) is 59.2 Å². The van der Waals surface area contributed by atoms with E-state index in [2.05, 4.69) is 4.98 Å². The molecule has 88 valence electrons. The molecule has 0 bridgehead atoms. The molecule has 1 aromatic rings. The normalized spacial score (nSPS) is 12.6. The Kier molecular flexibility index (Phi) is 4.43. The molecule has 1 unspecified atom stereocenters. The Bertz CT molecular complexity index is 337. The third kappa shape index (κ3) is 3.31. The minimum absolute atomic E-state index is 0.0000926. The molecule has 1 amide bonds. The zero-order valence-corrected chi connectivity index (χ0v) is 10.1. The van der Waals surface area contributed by atoms with Gasteiger partial charge in [-0.15, -0.1) is 0 Å². The molecule has 4 heteroatoms. The standard InChI is InChI=1S/C12H19N3O/c1-9(2)10(13)8-12(16)15(3)11-6-4-5-7-14-11/h4-7,9-10H,8,13H2,1-3H3. The van der Waals surface area contributed by atoms with Gasteiger partial charge in [0, 0.05) is 25.7 Å². The molecule has 0 aliphatic carbocycles. The minimum Gasteiger partial charge on any atom is -0.327 e. The van der Waals surface area contributed by atoms with Crippen molar-refractivity contribution in [3.05, 3.63) is 24.4 Å². The second-order valence-electron chi connectivity index (χ2n) is 4.25. The van der Waals surface area contributed by atoms with Crippen molar-refractivity contribution in [1.82, 2.24) is 4.98 Å². The minimum atomic E-state index is -0.0985. The molecule has 0 aromatic carbocycles. The Morgan fingerprint density at radius 3 is 2.69 bits per heavy atom. The molecule has 2 N–H and O–H groups in total. The maximum atomic E-state index is 11.9. The summed E-state index contributed by atoms with van der Waals surface area (Å²) >= 11 is 0. The summed E-state index contributed by atoms with van der Waals surface area (Å²) in [7, 11) is 1.72. The highest BCUT2D eigenvalue weighted by molar-refractivity contribution is 5.92. The molecule has 0 spiro atoms. The molecule has 1 atom stereocenters. The molecule has 1 heterocycles. The van der Waals surface area contributed by atoms with Crippen LogP contribution < -0.4 is 10.6 Å². The molecular formula is C12H19N3O. The van der Waals surface area contributed by atoms with Crippen LogP contribution in [0.3, 0.4) is 0 Å². The van der Waals surface area contributed by atoms with E-state index in [-0.39, 0.29) is 11.9 Å². The van der Waals surface area contributed by atoms with Gasteiger partial charge in [0.25, 0.3) is 0 Å². The molecule has 1 aromatic heterocycles. The maximum Gasteiger partial charge on any atom is 0.229 e. The highest BCUT2D eigenvalue weighted by Crippen LogP contribution is 2.11. The highest BCUT2D eigenvalue weighted by atomic mass is 16.2. The van der Waals surface area contributed by atoms with Gasteiger partial charge < -0.3 is 5.73 Å². The second-order valence-corrected chi connectivity index (χ2v) is 4.25. The van der Waals surface area contributed by atoms with Crippen molar-refractivity contribution in [3.63, 3.8) is 0 Å². The van der Waals surface area contributed by atoms with Gasteiger partial charge in [-0.3, -0.25) is 9.69 Å². The van der Waals surface area contributed by atoms with Crippen molar-refractivity contribution in [3.8, 4) is 0 Å². The summed E-state index contributed by atoms with van der Waals surface area (Å²) in [5.41, 5.74) is 5.87. The quantitative estimate of drug-likeness (QED) is 0.836. The Hall–Kier alpha value is -1.42. The van der Waals surface area contributed by atoms with Gasteiger partial charge in [-0.2, -0.15) is 0 Å². The first-order valence-corrected chi connectivity index (χ1v) is 5.45. The lowest BCUT2D eigenvalue weighted by Gasteiger charge is -2.20. The average Bonchev–Trinajstić information content (AvgIpc) is 2.28. The summed E-state index contributed by atoms with van der Waals surface area (Å²) in [5, 5.41) is 0. The number of pyridine rings is 1. The smallest absolute Gasteiger partial charge is 0.229 e. The van der Waals surface area contributed by atoms with Gasteiger partial charge in [0.2, 0.25) is 5.91 Å². The third-order valence-electron chi connectivity index (χ3n) is 2.63. The first-order chi connectivity index (χ1) is 7.52. The average molecular weight is 221 g/mol. The molecule has 0 saturated carbocycles. The van der Waals surface area contributed by atoms with Crippen LogP contribution in [-0.4, -0.2) is 24.0 Å². The van der Waals surface area contributed by atoms with Crippen LogP contribution >= 0.6 is 0 Å². The van der Waals surface area contributed by atoms with Gasteiger partial charge in [0.05, 0.1) is 0 Å². The summed E-state index contributed by atoms with van der Waals surface area (Å²) in [6.45, 7) is 4.03. The summed E-state index contributed by atoms with van der Waals surface area (Å²) in [6, 6.07) is 5.38. The molecule has 0 aliphatic heterocycles. The number of nitrogens with zero attached hydrogens (tertiary/aromatic N) is 2. The monoisotopic (exact) mass is 221 g/mol. The number of carbonyl (C=O) groups excluding carboxylic acids is 1. The van der Waals surface area contributed by atoms with Crippen LogP contribution in [-0.2, 0) is 4.79 Å². The van der Waals surface area contributed by atoms with Crippen molar-refractivity contribution in [2.45, 2.75) is 26.3 Å².